The third-order valence-electron chi connectivity index (χ3n) is 3.71. The summed E-state index contributed by atoms with van der Waals surface area (Å²) in [6.45, 7) is 0. The van der Waals surface area contributed by atoms with Gasteiger partial charge in [0.05, 0.1) is 12.7 Å². The summed E-state index contributed by atoms with van der Waals surface area (Å²) in [6, 6.07) is 13.9. The normalized spacial score (nSPS) is 10.2. The summed E-state index contributed by atoms with van der Waals surface area (Å²) in [5.74, 6) is 1.82. The molecule has 1 heterocycles. The predicted octanol–water partition coefficient (Wildman–Crippen LogP) is 3.82. The first-order valence-corrected chi connectivity index (χ1v) is 7.14. The molecule has 0 atom stereocenters. The maximum atomic E-state index is 13.1. The third kappa shape index (κ3) is 3.19. The Morgan fingerprint density at radius 1 is 1.04 bits per heavy atom. The van der Waals surface area contributed by atoms with Crippen LogP contribution >= 0.6 is 12.4 Å². The van der Waals surface area contributed by atoms with Crippen LogP contribution in [0.4, 0.5) is 16.0 Å². The van der Waals surface area contributed by atoms with Crippen LogP contribution in [-0.4, -0.2) is 28.9 Å². The van der Waals surface area contributed by atoms with E-state index in [2.05, 4.69) is 10.2 Å². The molecule has 0 aliphatic carbocycles. The largest absolute Gasteiger partial charge is 0.496 e. The van der Waals surface area contributed by atoms with E-state index in [0.29, 0.717) is 11.8 Å². The summed E-state index contributed by atoms with van der Waals surface area (Å²) < 4.78 is 20.3. The molecule has 0 saturated heterocycles. The summed E-state index contributed by atoms with van der Waals surface area (Å²) in [7, 11) is 5.38. The zero-order valence-electron chi connectivity index (χ0n) is 13.6. The highest BCUT2D eigenvalue weighted by Gasteiger charge is 2.17. The fourth-order valence-corrected chi connectivity index (χ4v) is 2.46. The zero-order chi connectivity index (χ0) is 16.4. The van der Waals surface area contributed by atoms with Crippen molar-refractivity contribution in [3.05, 3.63) is 54.3 Å². The molecule has 0 aliphatic heterocycles. The molecule has 0 saturated carbocycles. The van der Waals surface area contributed by atoms with Crippen LogP contribution in [-0.2, 0) is 7.05 Å². The smallest absolute Gasteiger partial charge is 0.231 e. The molecule has 0 unspecified atom stereocenters. The van der Waals surface area contributed by atoms with Crippen molar-refractivity contribution in [3.8, 4) is 17.1 Å². The first-order chi connectivity index (χ1) is 11.1. The minimum atomic E-state index is -0.269. The summed E-state index contributed by atoms with van der Waals surface area (Å²) in [6.07, 6.45) is 0. The lowest BCUT2D eigenvalue weighted by Crippen LogP contribution is -2.14. The van der Waals surface area contributed by atoms with Crippen molar-refractivity contribution in [1.82, 2.24) is 14.8 Å². The van der Waals surface area contributed by atoms with Gasteiger partial charge in [0, 0.05) is 19.8 Å². The minimum Gasteiger partial charge on any atom is -0.496 e. The molecule has 0 amide bonds. The van der Waals surface area contributed by atoms with E-state index in [1.54, 1.807) is 19.2 Å². The summed E-state index contributed by atoms with van der Waals surface area (Å²) in [5, 5.41) is 8.53. The fraction of sp³-hybridized carbons (Fsp3) is 0.176. The lowest BCUT2D eigenvalue weighted by molar-refractivity contribution is 0.416. The lowest BCUT2D eigenvalue weighted by atomic mass is 10.2. The van der Waals surface area contributed by atoms with Gasteiger partial charge in [-0.2, -0.15) is 0 Å². The molecule has 3 aromatic rings. The van der Waals surface area contributed by atoms with Crippen molar-refractivity contribution in [2.75, 3.05) is 19.1 Å². The number of para-hydroxylation sites is 1. The van der Waals surface area contributed by atoms with E-state index >= 15 is 0 Å². The number of rotatable bonds is 4. The van der Waals surface area contributed by atoms with Gasteiger partial charge in [-0.1, -0.05) is 12.1 Å². The topological polar surface area (TPSA) is 43.2 Å². The molecule has 126 valence electrons. The second-order valence-corrected chi connectivity index (χ2v) is 5.12. The Kier molecular flexibility index (Phi) is 5.41. The second kappa shape index (κ2) is 7.31. The van der Waals surface area contributed by atoms with E-state index in [9.17, 15) is 4.39 Å². The van der Waals surface area contributed by atoms with Crippen molar-refractivity contribution in [1.29, 1.82) is 0 Å². The number of benzene rings is 2. The first kappa shape index (κ1) is 17.7. The monoisotopic (exact) mass is 348 g/mol. The van der Waals surface area contributed by atoms with Gasteiger partial charge in [-0.25, -0.2) is 4.39 Å². The van der Waals surface area contributed by atoms with Crippen molar-refractivity contribution < 1.29 is 9.13 Å². The number of nitrogens with zero attached hydrogens (tertiary/aromatic N) is 4. The molecule has 0 bridgehead atoms. The molecule has 7 heteroatoms. The Morgan fingerprint density at radius 3 is 2.38 bits per heavy atom. The summed E-state index contributed by atoms with van der Waals surface area (Å²) in [5.41, 5.74) is 1.69. The van der Waals surface area contributed by atoms with Gasteiger partial charge in [0.2, 0.25) is 5.95 Å². The number of ether oxygens (including phenoxy) is 1. The van der Waals surface area contributed by atoms with Gasteiger partial charge in [0.1, 0.15) is 11.6 Å². The Hall–Kier alpha value is -2.60. The molecular formula is C17H18ClFN4O. The summed E-state index contributed by atoms with van der Waals surface area (Å²) in [4.78, 5) is 1.85. The van der Waals surface area contributed by atoms with E-state index in [1.165, 1.54) is 12.1 Å². The number of halogens is 2. The van der Waals surface area contributed by atoms with Gasteiger partial charge in [-0.3, -0.25) is 4.57 Å². The highest BCUT2D eigenvalue weighted by atomic mass is 35.5. The highest BCUT2D eigenvalue weighted by Crippen LogP contribution is 2.31. The Balaban J connectivity index is 0.00000208. The molecule has 1 aromatic heterocycles. The minimum absolute atomic E-state index is 0. The van der Waals surface area contributed by atoms with Crippen LogP contribution in [0.1, 0.15) is 0 Å². The molecule has 2 aromatic carbocycles. The second-order valence-electron chi connectivity index (χ2n) is 5.12. The van der Waals surface area contributed by atoms with E-state index in [-0.39, 0.29) is 18.2 Å². The number of methoxy groups -OCH3 is 1. The Morgan fingerprint density at radius 2 is 1.71 bits per heavy atom. The standard InChI is InChI=1S/C17H17FN4O.ClH/c1-21(13-10-8-12(18)9-11-13)17-20-19-16(22(17)2)14-6-4-5-7-15(14)23-3;/h4-11H,1-3H3;1H. The van der Waals surface area contributed by atoms with Crippen LogP contribution in [0.2, 0.25) is 0 Å². The predicted molar refractivity (Wildman–Crippen MR) is 94.7 cm³/mol. The lowest BCUT2D eigenvalue weighted by Gasteiger charge is -2.18. The van der Waals surface area contributed by atoms with Crippen molar-refractivity contribution in [2.45, 2.75) is 0 Å². The maximum Gasteiger partial charge on any atom is 0.231 e. The van der Waals surface area contributed by atoms with Gasteiger partial charge < -0.3 is 9.64 Å². The van der Waals surface area contributed by atoms with Crippen LogP contribution in [0.15, 0.2) is 48.5 Å². The van der Waals surface area contributed by atoms with E-state index in [0.717, 1.165) is 17.0 Å². The Labute approximate surface area is 146 Å². The third-order valence-corrected chi connectivity index (χ3v) is 3.71. The maximum absolute atomic E-state index is 13.1. The van der Waals surface area contributed by atoms with Crippen LogP contribution in [0.5, 0.6) is 5.75 Å². The van der Waals surface area contributed by atoms with Crippen molar-refractivity contribution >= 4 is 24.0 Å². The van der Waals surface area contributed by atoms with Gasteiger partial charge in [-0.05, 0) is 36.4 Å². The molecule has 3 rings (SSSR count). The van der Waals surface area contributed by atoms with Crippen molar-refractivity contribution in [3.63, 3.8) is 0 Å². The average molecular weight is 349 g/mol. The number of aromatic nitrogens is 3. The number of hydrogen-bond acceptors (Lipinski definition) is 4. The van der Waals surface area contributed by atoms with Gasteiger partial charge in [0.25, 0.3) is 0 Å². The van der Waals surface area contributed by atoms with Crippen LogP contribution < -0.4 is 9.64 Å². The van der Waals surface area contributed by atoms with E-state index < -0.39 is 0 Å². The average Bonchev–Trinajstić information content (AvgIpc) is 2.96. The van der Waals surface area contributed by atoms with Crippen molar-refractivity contribution in [2.24, 2.45) is 7.05 Å². The van der Waals surface area contributed by atoms with E-state index in [1.807, 2.05) is 47.8 Å². The quantitative estimate of drug-likeness (QED) is 0.719. The fourth-order valence-electron chi connectivity index (χ4n) is 2.46. The highest BCUT2D eigenvalue weighted by molar-refractivity contribution is 5.85. The molecular weight excluding hydrogens is 331 g/mol. The molecule has 0 N–H and O–H groups in total. The number of anilines is 2. The first-order valence-electron chi connectivity index (χ1n) is 7.14. The molecule has 0 fully saturated rings. The van der Waals surface area contributed by atoms with Gasteiger partial charge in [0.15, 0.2) is 5.82 Å². The Bertz CT molecular complexity index is 820. The van der Waals surface area contributed by atoms with E-state index in [4.69, 9.17) is 4.74 Å². The summed E-state index contributed by atoms with van der Waals surface area (Å²) >= 11 is 0. The molecule has 0 spiro atoms. The molecule has 5 nitrogen and oxygen atoms in total. The number of hydrogen-bond donors (Lipinski definition) is 0. The zero-order valence-corrected chi connectivity index (χ0v) is 14.4. The molecule has 0 aliphatic rings. The van der Waals surface area contributed by atoms with Crippen LogP contribution in [0.3, 0.4) is 0 Å². The van der Waals surface area contributed by atoms with Crippen LogP contribution in [0, 0.1) is 5.82 Å². The van der Waals surface area contributed by atoms with Gasteiger partial charge in [-0.15, -0.1) is 22.6 Å². The molecule has 0 radical (unpaired) electrons. The van der Waals surface area contributed by atoms with Gasteiger partial charge >= 0.3 is 0 Å². The van der Waals surface area contributed by atoms with Crippen LogP contribution in [0.25, 0.3) is 11.4 Å². The SMILES string of the molecule is COc1ccccc1-c1nnc(N(C)c2ccc(F)cc2)n1C.Cl. The molecule has 24 heavy (non-hydrogen) atoms.